The van der Waals surface area contributed by atoms with Crippen molar-refractivity contribution in [3.8, 4) is 5.75 Å². The molecule has 6 nitrogen and oxygen atoms in total. The molecule has 0 radical (unpaired) electrons. The van der Waals surface area contributed by atoms with Crippen molar-refractivity contribution in [2.24, 2.45) is 0 Å². The Hall–Kier alpha value is -2.95. The van der Waals surface area contributed by atoms with Crippen LogP contribution in [0, 0.1) is 0 Å². The highest BCUT2D eigenvalue weighted by molar-refractivity contribution is 7.92. The number of benzene rings is 3. The lowest BCUT2D eigenvalue weighted by atomic mass is 10.2. The Balaban J connectivity index is 1.71. The number of sulfonamides is 1. The van der Waals surface area contributed by atoms with E-state index in [4.69, 9.17) is 27.9 Å². The van der Waals surface area contributed by atoms with Gasteiger partial charge in [0.25, 0.3) is 15.9 Å². The number of para-hydroxylation sites is 1. The van der Waals surface area contributed by atoms with E-state index in [1.807, 2.05) is 0 Å². The second-order valence-electron chi connectivity index (χ2n) is 7.26. The standard InChI is InChI=1S/C23H19Cl2F3N2O4S/c1-2-20(34-21-6-4-3-5-19(21)25)22(31)29-14-7-10-16(11-8-14)35(32,33)30-15-9-12-18(24)17(13-15)23(26,27)28/h3-13,20,30H,2H2,1H3,(H,29,31)/t20-/m0/s1. The van der Waals surface area contributed by atoms with Crippen LogP contribution in [-0.2, 0) is 21.0 Å². The molecule has 0 heterocycles. The molecule has 0 saturated carbocycles. The maximum absolute atomic E-state index is 13.0. The van der Waals surface area contributed by atoms with E-state index in [9.17, 15) is 26.4 Å². The fourth-order valence-electron chi connectivity index (χ4n) is 2.98. The van der Waals surface area contributed by atoms with Crippen molar-refractivity contribution in [3.63, 3.8) is 0 Å². The third-order valence-electron chi connectivity index (χ3n) is 4.73. The van der Waals surface area contributed by atoms with Gasteiger partial charge in [0, 0.05) is 11.4 Å². The van der Waals surface area contributed by atoms with Crippen LogP contribution in [0.5, 0.6) is 5.75 Å². The molecule has 3 aromatic rings. The molecule has 0 spiro atoms. The Morgan fingerprint density at radius 3 is 2.20 bits per heavy atom. The lowest BCUT2D eigenvalue weighted by Crippen LogP contribution is -2.32. The summed E-state index contributed by atoms with van der Waals surface area (Å²) in [6.07, 6.45) is -5.26. The number of hydrogen-bond donors (Lipinski definition) is 2. The Morgan fingerprint density at radius 1 is 0.971 bits per heavy atom. The SMILES string of the molecule is CC[C@H](Oc1ccccc1Cl)C(=O)Nc1ccc(S(=O)(=O)Nc2ccc(Cl)c(C(F)(F)F)c2)cc1. The Labute approximate surface area is 210 Å². The summed E-state index contributed by atoms with van der Waals surface area (Å²) in [7, 11) is -4.21. The number of anilines is 2. The fraction of sp³-hybridized carbons (Fsp3) is 0.174. The predicted molar refractivity (Wildman–Crippen MR) is 128 cm³/mol. The van der Waals surface area contributed by atoms with Gasteiger partial charge in [0.15, 0.2) is 6.10 Å². The van der Waals surface area contributed by atoms with Gasteiger partial charge in [0.05, 0.1) is 20.5 Å². The van der Waals surface area contributed by atoms with Gasteiger partial charge in [-0.15, -0.1) is 0 Å². The first-order valence-corrected chi connectivity index (χ1v) is 12.4. The number of alkyl halides is 3. The highest BCUT2D eigenvalue weighted by Crippen LogP contribution is 2.36. The summed E-state index contributed by atoms with van der Waals surface area (Å²) in [5.41, 5.74) is -1.18. The molecule has 0 aromatic heterocycles. The zero-order chi connectivity index (χ0) is 25.8. The summed E-state index contributed by atoms with van der Waals surface area (Å²) in [6, 6.07) is 14.5. The van der Waals surface area contributed by atoms with E-state index in [1.54, 1.807) is 31.2 Å². The van der Waals surface area contributed by atoms with Crippen molar-refractivity contribution in [2.45, 2.75) is 30.5 Å². The van der Waals surface area contributed by atoms with Crippen LogP contribution in [0.3, 0.4) is 0 Å². The van der Waals surface area contributed by atoms with Gasteiger partial charge in [-0.2, -0.15) is 13.2 Å². The topological polar surface area (TPSA) is 84.5 Å². The zero-order valence-corrected chi connectivity index (χ0v) is 20.4. The Morgan fingerprint density at radius 2 is 1.60 bits per heavy atom. The highest BCUT2D eigenvalue weighted by Gasteiger charge is 2.33. The quantitative estimate of drug-likeness (QED) is 0.333. The molecule has 1 atom stereocenters. The molecule has 35 heavy (non-hydrogen) atoms. The van der Waals surface area contributed by atoms with Crippen LogP contribution in [0.1, 0.15) is 18.9 Å². The van der Waals surface area contributed by atoms with Gasteiger partial charge in [-0.25, -0.2) is 8.42 Å². The molecule has 1 amide bonds. The molecule has 0 fully saturated rings. The minimum absolute atomic E-state index is 0.224. The molecule has 0 unspecified atom stereocenters. The molecule has 0 saturated heterocycles. The molecule has 0 bridgehead atoms. The average molecular weight is 547 g/mol. The Bertz CT molecular complexity index is 1320. The summed E-state index contributed by atoms with van der Waals surface area (Å²) >= 11 is 11.6. The smallest absolute Gasteiger partial charge is 0.417 e. The van der Waals surface area contributed by atoms with Gasteiger partial charge in [-0.1, -0.05) is 42.3 Å². The second-order valence-corrected chi connectivity index (χ2v) is 9.75. The number of ether oxygens (including phenoxy) is 1. The van der Waals surface area contributed by atoms with Crippen LogP contribution in [0.2, 0.25) is 10.0 Å². The van der Waals surface area contributed by atoms with Crippen LogP contribution >= 0.6 is 23.2 Å². The van der Waals surface area contributed by atoms with E-state index in [1.165, 1.54) is 24.3 Å². The number of halogens is 5. The summed E-state index contributed by atoms with van der Waals surface area (Å²) in [5, 5.41) is 2.43. The fourth-order valence-corrected chi connectivity index (χ4v) is 4.43. The Kier molecular flexibility index (Phi) is 8.19. The number of nitrogens with one attached hydrogen (secondary N) is 2. The van der Waals surface area contributed by atoms with E-state index in [-0.39, 0.29) is 10.6 Å². The van der Waals surface area contributed by atoms with Crippen molar-refractivity contribution in [2.75, 3.05) is 10.0 Å². The van der Waals surface area contributed by atoms with Crippen LogP contribution < -0.4 is 14.8 Å². The molecule has 2 N–H and O–H groups in total. The number of amides is 1. The van der Waals surface area contributed by atoms with Crippen molar-refractivity contribution >= 4 is 50.5 Å². The molecule has 3 rings (SSSR count). The summed E-state index contributed by atoms with van der Waals surface area (Å²) in [4.78, 5) is 12.4. The third kappa shape index (κ3) is 6.81. The van der Waals surface area contributed by atoms with Crippen molar-refractivity contribution < 1.29 is 31.1 Å². The van der Waals surface area contributed by atoms with Gasteiger partial charge in [0.1, 0.15) is 5.75 Å². The van der Waals surface area contributed by atoms with E-state index in [0.717, 1.165) is 12.1 Å². The monoisotopic (exact) mass is 546 g/mol. The second kappa shape index (κ2) is 10.8. The summed E-state index contributed by atoms with van der Waals surface area (Å²) in [6.45, 7) is 1.75. The van der Waals surface area contributed by atoms with Crippen molar-refractivity contribution in [3.05, 3.63) is 82.3 Å². The molecular formula is C23H19Cl2F3N2O4S. The minimum atomic E-state index is -4.75. The molecular weight excluding hydrogens is 528 g/mol. The van der Waals surface area contributed by atoms with Crippen LogP contribution in [-0.4, -0.2) is 20.4 Å². The van der Waals surface area contributed by atoms with Gasteiger partial charge in [-0.05, 0) is 61.0 Å². The van der Waals surface area contributed by atoms with E-state index < -0.39 is 38.8 Å². The van der Waals surface area contributed by atoms with Crippen LogP contribution in [0.4, 0.5) is 24.5 Å². The first kappa shape index (κ1) is 26.7. The third-order valence-corrected chi connectivity index (χ3v) is 6.76. The lowest BCUT2D eigenvalue weighted by molar-refractivity contribution is -0.137. The summed E-state index contributed by atoms with van der Waals surface area (Å²) < 4.78 is 72.2. The van der Waals surface area contributed by atoms with Crippen molar-refractivity contribution in [1.82, 2.24) is 0 Å². The van der Waals surface area contributed by atoms with E-state index in [2.05, 4.69) is 10.0 Å². The average Bonchev–Trinajstić information content (AvgIpc) is 2.79. The maximum atomic E-state index is 13.0. The molecule has 3 aromatic carbocycles. The molecule has 0 aliphatic heterocycles. The number of carbonyl (C=O) groups excluding carboxylic acids is 1. The van der Waals surface area contributed by atoms with Gasteiger partial charge >= 0.3 is 6.18 Å². The van der Waals surface area contributed by atoms with E-state index in [0.29, 0.717) is 28.9 Å². The minimum Gasteiger partial charge on any atom is -0.479 e. The van der Waals surface area contributed by atoms with E-state index >= 15 is 0 Å². The highest BCUT2D eigenvalue weighted by atomic mass is 35.5. The van der Waals surface area contributed by atoms with Crippen LogP contribution in [0.25, 0.3) is 0 Å². The lowest BCUT2D eigenvalue weighted by Gasteiger charge is -2.18. The summed E-state index contributed by atoms with van der Waals surface area (Å²) in [5.74, 6) is -0.124. The van der Waals surface area contributed by atoms with Crippen LogP contribution in [0.15, 0.2) is 71.6 Å². The largest absolute Gasteiger partial charge is 0.479 e. The maximum Gasteiger partial charge on any atom is 0.417 e. The van der Waals surface area contributed by atoms with Gasteiger partial charge in [-0.3, -0.25) is 9.52 Å². The zero-order valence-electron chi connectivity index (χ0n) is 18.1. The number of hydrogen-bond acceptors (Lipinski definition) is 4. The number of carbonyl (C=O) groups is 1. The molecule has 0 aliphatic rings. The van der Waals surface area contributed by atoms with Crippen molar-refractivity contribution in [1.29, 1.82) is 0 Å². The number of rotatable bonds is 8. The van der Waals surface area contributed by atoms with Gasteiger partial charge in [0.2, 0.25) is 0 Å². The normalized spacial score (nSPS) is 12.6. The molecule has 12 heteroatoms. The first-order valence-electron chi connectivity index (χ1n) is 10.1. The predicted octanol–water partition coefficient (Wildman–Crippen LogP) is 6.61. The molecule has 0 aliphatic carbocycles. The first-order chi connectivity index (χ1) is 16.4. The van der Waals surface area contributed by atoms with Gasteiger partial charge < -0.3 is 10.1 Å². The molecule has 186 valence electrons.